The smallest absolute Gasteiger partial charge is 0.311 e. The quantitative estimate of drug-likeness (QED) is 0.595. The first kappa shape index (κ1) is 20.6. The summed E-state index contributed by atoms with van der Waals surface area (Å²) in [6, 6.07) is 11.2. The van der Waals surface area contributed by atoms with Crippen LogP contribution in [0.3, 0.4) is 0 Å². The van der Waals surface area contributed by atoms with Crippen molar-refractivity contribution in [2.24, 2.45) is 0 Å². The Morgan fingerprint density at radius 2 is 1.83 bits per heavy atom. The van der Waals surface area contributed by atoms with Crippen LogP contribution in [0.2, 0.25) is 0 Å². The zero-order chi connectivity index (χ0) is 21.0. The standard InChI is InChI=1S/C21H26N4O4/c1-15-6-4-5-7-18(15)24-10-8-23(9-11-24)14-21(26)22-17-13-20(29-3)19(25(27)28)12-16(17)2/h4-7,12-13H,8-11,14H2,1-3H3,(H,22,26). The monoisotopic (exact) mass is 398 g/mol. The fourth-order valence-electron chi connectivity index (χ4n) is 3.57. The molecule has 3 rings (SSSR count). The molecule has 1 heterocycles. The molecule has 0 saturated carbocycles. The van der Waals surface area contributed by atoms with E-state index in [0.717, 1.165) is 26.2 Å². The first-order chi connectivity index (χ1) is 13.9. The molecule has 2 aromatic rings. The number of amides is 1. The third-order valence-electron chi connectivity index (χ3n) is 5.19. The summed E-state index contributed by atoms with van der Waals surface area (Å²) >= 11 is 0. The highest BCUT2D eigenvalue weighted by atomic mass is 16.6. The molecule has 1 aliphatic heterocycles. The zero-order valence-corrected chi connectivity index (χ0v) is 17.0. The van der Waals surface area contributed by atoms with Crippen LogP contribution in [0.5, 0.6) is 5.75 Å². The Morgan fingerprint density at radius 1 is 1.14 bits per heavy atom. The Morgan fingerprint density at radius 3 is 2.45 bits per heavy atom. The molecule has 0 atom stereocenters. The van der Waals surface area contributed by atoms with Crippen molar-refractivity contribution >= 4 is 23.0 Å². The number of hydrogen-bond acceptors (Lipinski definition) is 6. The fraction of sp³-hybridized carbons (Fsp3) is 0.381. The number of piperazine rings is 1. The maximum Gasteiger partial charge on any atom is 0.311 e. The van der Waals surface area contributed by atoms with Crippen molar-refractivity contribution in [2.45, 2.75) is 13.8 Å². The van der Waals surface area contributed by atoms with E-state index in [0.29, 0.717) is 11.3 Å². The maximum absolute atomic E-state index is 12.5. The minimum Gasteiger partial charge on any atom is -0.490 e. The second-order valence-corrected chi connectivity index (χ2v) is 7.19. The summed E-state index contributed by atoms with van der Waals surface area (Å²) in [4.78, 5) is 27.6. The number of ether oxygens (including phenoxy) is 1. The Hall–Kier alpha value is -3.13. The van der Waals surface area contributed by atoms with Gasteiger partial charge in [0.15, 0.2) is 5.75 Å². The van der Waals surface area contributed by atoms with Gasteiger partial charge in [-0.3, -0.25) is 19.8 Å². The molecule has 0 spiro atoms. The average Bonchev–Trinajstić information content (AvgIpc) is 2.70. The van der Waals surface area contributed by atoms with Crippen LogP contribution < -0.4 is 15.0 Å². The van der Waals surface area contributed by atoms with Crippen LogP contribution in [0.15, 0.2) is 36.4 Å². The van der Waals surface area contributed by atoms with E-state index >= 15 is 0 Å². The number of nitrogens with one attached hydrogen (secondary N) is 1. The molecule has 0 aliphatic carbocycles. The van der Waals surface area contributed by atoms with Crippen molar-refractivity contribution in [1.82, 2.24) is 4.90 Å². The first-order valence-corrected chi connectivity index (χ1v) is 9.55. The fourth-order valence-corrected chi connectivity index (χ4v) is 3.57. The number of hydrogen-bond donors (Lipinski definition) is 1. The molecular weight excluding hydrogens is 372 g/mol. The molecule has 1 saturated heterocycles. The van der Waals surface area contributed by atoms with Gasteiger partial charge in [0.2, 0.25) is 5.91 Å². The number of carbonyl (C=O) groups is 1. The van der Waals surface area contributed by atoms with Gasteiger partial charge < -0.3 is 15.0 Å². The summed E-state index contributed by atoms with van der Waals surface area (Å²) in [7, 11) is 1.37. The van der Waals surface area contributed by atoms with Crippen LogP contribution in [0.25, 0.3) is 0 Å². The molecule has 154 valence electrons. The summed E-state index contributed by atoms with van der Waals surface area (Å²) in [5, 5.41) is 14.0. The second-order valence-electron chi connectivity index (χ2n) is 7.19. The Bertz CT molecular complexity index is 908. The molecule has 1 aliphatic rings. The van der Waals surface area contributed by atoms with E-state index in [1.54, 1.807) is 6.92 Å². The van der Waals surface area contributed by atoms with E-state index in [9.17, 15) is 14.9 Å². The number of benzene rings is 2. The van der Waals surface area contributed by atoms with Crippen molar-refractivity contribution in [3.05, 3.63) is 57.6 Å². The maximum atomic E-state index is 12.5. The normalized spacial score (nSPS) is 14.5. The van der Waals surface area contributed by atoms with Crippen molar-refractivity contribution in [2.75, 3.05) is 50.1 Å². The third-order valence-corrected chi connectivity index (χ3v) is 5.19. The number of para-hydroxylation sites is 1. The largest absolute Gasteiger partial charge is 0.490 e. The number of aryl methyl sites for hydroxylation is 2. The molecule has 0 aromatic heterocycles. The topological polar surface area (TPSA) is 88.0 Å². The zero-order valence-electron chi connectivity index (χ0n) is 17.0. The van der Waals surface area contributed by atoms with Crippen LogP contribution in [0.4, 0.5) is 17.1 Å². The molecule has 0 unspecified atom stereocenters. The Labute approximate surface area is 170 Å². The predicted molar refractivity (Wildman–Crippen MR) is 113 cm³/mol. The van der Waals surface area contributed by atoms with Gasteiger partial charge in [-0.05, 0) is 31.0 Å². The predicted octanol–water partition coefficient (Wildman–Crippen LogP) is 2.98. The molecule has 29 heavy (non-hydrogen) atoms. The number of carbonyl (C=O) groups excluding carboxylic acids is 1. The second kappa shape index (κ2) is 8.91. The summed E-state index contributed by atoms with van der Waals surface area (Å²) in [6.07, 6.45) is 0. The minimum absolute atomic E-state index is 0.115. The molecule has 0 radical (unpaired) electrons. The lowest BCUT2D eigenvalue weighted by atomic mass is 10.1. The highest BCUT2D eigenvalue weighted by molar-refractivity contribution is 5.93. The van der Waals surface area contributed by atoms with Crippen molar-refractivity contribution in [1.29, 1.82) is 0 Å². The summed E-state index contributed by atoms with van der Waals surface area (Å²) in [5.41, 5.74) is 3.52. The van der Waals surface area contributed by atoms with Crippen LogP contribution in [0.1, 0.15) is 11.1 Å². The van der Waals surface area contributed by atoms with E-state index in [1.807, 2.05) is 12.1 Å². The van der Waals surface area contributed by atoms with Crippen LogP contribution in [0, 0.1) is 24.0 Å². The van der Waals surface area contributed by atoms with Gasteiger partial charge in [-0.2, -0.15) is 0 Å². The molecule has 0 bridgehead atoms. The molecule has 1 amide bonds. The van der Waals surface area contributed by atoms with Gasteiger partial charge in [0, 0.05) is 49.7 Å². The van der Waals surface area contributed by atoms with Gasteiger partial charge in [0.05, 0.1) is 18.6 Å². The van der Waals surface area contributed by atoms with Crippen LogP contribution in [-0.2, 0) is 4.79 Å². The minimum atomic E-state index is -0.495. The number of methoxy groups -OCH3 is 1. The van der Waals surface area contributed by atoms with Crippen molar-refractivity contribution < 1.29 is 14.5 Å². The van der Waals surface area contributed by atoms with E-state index in [4.69, 9.17) is 4.74 Å². The summed E-state index contributed by atoms with van der Waals surface area (Å²) < 4.78 is 5.09. The SMILES string of the molecule is COc1cc(NC(=O)CN2CCN(c3ccccc3C)CC2)c(C)cc1[N+](=O)[O-]. The molecule has 8 nitrogen and oxygen atoms in total. The highest BCUT2D eigenvalue weighted by Crippen LogP contribution is 2.32. The van der Waals surface area contributed by atoms with Crippen LogP contribution >= 0.6 is 0 Å². The number of rotatable bonds is 6. The van der Waals surface area contributed by atoms with Crippen molar-refractivity contribution in [3.8, 4) is 5.75 Å². The molecule has 1 fully saturated rings. The van der Waals surface area contributed by atoms with Crippen molar-refractivity contribution in [3.63, 3.8) is 0 Å². The number of anilines is 2. The first-order valence-electron chi connectivity index (χ1n) is 9.55. The molecule has 2 aromatic carbocycles. The molecule has 1 N–H and O–H groups in total. The van der Waals surface area contributed by atoms with E-state index in [-0.39, 0.29) is 23.9 Å². The van der Waals surface area contributed by atoms with Gasteiger partial charge in [-0.1, -0.05) is 18.2 Å². The van der Waals surface area contributed by atoms with Gasteiger partial charge in [-0.25, -0.2) is 0 Å². The van der Waals surface area contributed by atoms with E-state index < -0.39 is 4.92 Å². The summed E-state index contributed by atoms with van der Waals surface area (Å²) in [6.45, 7) is 7.43. The lowest BCUT2D eigenvalue weighted by Gasteiger charge is -2.36. The number of nitro benzene ring substituents is 1. The number of nitrogens with zero attached hydrogens (tertiary/aromatic N) is 3. The lowest BCUT2D eigenvalue weighted by Crippen LogP contribution is -2.48. The average molecular weight is 398 g/mol. The van der Waals surface area contributed by atoms with Crippen LogP contribution in [-0.4, -0.2) is 55.6 Å². The van der Waals surface area contributed by atoms with Gasteiger partial charge in [-0.15, -0.1) is 0 Å². The summed E-state index contributed by atoms with van der Waals surface area (Å²) in [5.74, 6) is -0.0175. The van der Waals surface area contributed by atoms with Gasteiger partial charge in [0.25, 0.3) is 0 Å². The Balaban J connectivity index is 1.58. The van der Waals surface area contributed by atoms with E-state index in [1.165, 1.54) is 30.5 Å². The van der Waals surface area contributed by atoms with E-state index in [2.05, 4.69) is 34.2 Å². The highest BCUT2D eigenvalue weighted by Gasteiger charge is 2.22. The molecule has 8 heteroatoms. The third kappa shape index (κ3) is 4.83. The molecular formula is C21H26N4O4. The lowest BCUT2D eigenvalue weighted by molar-refractivity contribution is -0.385. The van der Waals surface area contributed by atoms with Gasteiger partial charge in [0.1, 0.15) is 0 Å². The van der Waals surface area contributed by atoms with Gasteiger partial charge >= 0.3 is 5.69 Å². The Kier molecular flexibility index (Phi) is 6.33. The number of nitro groups is 1.